The molecule has 26 heavy (non-hydrogen) atoms. The number of para-hydroxylation sites is 1. The average molecular weight is 356 g/mol. The second-order valence-electron chi connectivity index (χ2n) is 7.31. The summed E-state index contributed by atoms with van der Waals surface area (Å²) in [6.45, 7) is 7.55. The van der Waals surface area contributed by atoms with Crippen molar-refractivity contribution in [2.75, 3.05) is 18.4 Å². The van der Waals surface area contributed by atoms with Crippen LogP contribution < -0.4 is 10.9 Å². The molecule has 0 spiro atoms. The number of likely N-dealkylation sites (tertiary alicyclic amines) is 1. The van der Waals surface area contributed by atoms with E-state index in [0.717, 1.165) is 37.3 Å². The molecule has 1 aliphatic heterocycles. The average Bonchev–Trinajstić information content (AvgIpc) is 2.86. The largest absolute Gasteiger partial charge is 0.368 e. The molecule has 1 aromatic heterocycles. The fourth-order valence-corrected chi connectivity index (χ4v) is 3.52. The van der Waals surface area contributed by atoms with Gasteiger partial charge in [0, 0.05) is 20.1 Å². The number of anilines is 1. The van der Waals surface area contributed by atoms with E-state index in [-0.39, 0.29) is 11.5 Å². The van der Waals surface area contributed by atoms with Crippen LogP contribution in [0.5, 0.6) is 0 Å². The molecule has 0 saturated carbocycles. The van der Waals surface area contributed by atoms with Gasteiger partial charge in [-0.2, -0.15) is 0 Å². The van der Waals surface area contributed by atoms with E-state index in [1.807, 2.05) is 60.8 Å². The number of carbonyl (C=O) groups is 1. The normalized spacial score (nSPS) is 16.5. The third kappa shape index (κ3) is 3.41. The maximum absolute atomic E-state index is 12.9. The fraction of sp³-hybridized carbons (Fsp3) is 0.500. The van der Waals surface area contributed by atoms with E-state index in [4.69, 9.17) is 0 Å². The fourth-order valence-electron chi connectivity index (χ4n) is 3.52. The summed E-state index contributed by atoms with van der Waals surface area (Å²) in [6.07, 6.45) is 2.09. The third-order valence-electron chi connectivity index (χ3n) is 5.38. The topological polar surface area (TPSA) is 59.3 Å². The van der Waals surface area contributed by atoms with Gasteiger partial charge in [0.05, 0.1) is 11.4 Å². The molecule has 1 unspecified atom stereocenters. The Kier molecular flexibility index (Phi) is 5.20. The predicted octanol–water partition coefficient (Wildman–Crippen LogP) is 2.54. The minimum atomic E-state index is -0.429. The molecular formula is C20H28N4O2. The summed E-state index contributed by atoms with van der Waals surface area (Å²) >= 11 is 0. The molecule has 1 fully saturated rings. The van der Waals surface area contributed by atoms with Crippen LogP contribution in [0.4, 0.5) is 5.69 Å². The van der Waals surface area contributed by atoms with Gasteiger partial charge in [-0.1, -0.05) is 25.1 Å². The molecule has 6 heteroatoms. The molecule has 0 radical (unpaired) electrons. The Bertz CT molecular complexity index is 829. The van der Waals surface area contributed by atoms with Crippen LogP contribution in [-0.2, 0) is 11.8 Å². The Hall–Kier alpha value is -2.50. The summed E-state index contributed by atoms with van der Waals surface area (Å²) in [6, 6.07) is 9.09. The van der Waals surface area contributed by atoms with E-state index in [1.165, 1.54) is 0 Å². The predicted molar refractivity (Wildman–Crippen MR) is 104 cm³/mol. The zero-order chi connectivity index (χ0) is 18.8. The first-order valence-corrected chi connectivity index (χ1v) is 9.29. The summed E-state index contributed by atoms with van der Waals surface area (Å²) in [5.41, 5.74) is 1.97. The van der Waals surface area contributed by atoms with Crippen molar-refractivity contribution in [1.82, 2.24) is 14.3 Å². The number of amides is 1. The first kappa shape index (κ1) is 18.3. The standard InChI is InChI=1S/C20H28N4O2/c1-14-10-12-23(13-11-14)19(25)15(2)21-18-16(3)22(4)24(20(18)26)17-8-6-5-7-9-17/h5-9,14-15,21H,10-13H2,1-4H3. The smallest absolute Gasteiger partial charge is 0.295 e. The van der Waals surface area contributed by atoms with E-state index in [2.05, 4.69) is 12.2 Å². The Morgan fingerprint density at radius 2 is 1.81 bits per heavy atom. The van der Waals surface area contributed by atoms with Crippen molar-refractivity contribution in [3.63, 3.8) is 0 Å². The van der Waals surface area contributed by atoms with Gasteiger partial charge < -0.3 is 10.2 Å². The number of benzene rings is 1. The van der Waals surface area contributed by atoms with Crippen LogP contribution in [0.3, 0.4) is 0 Å². The molecule has 1 atom stereocenters. The molecule has 140 valence electrons. The third-order valence-corrected chi connectivity index (χ3v) is 5.38. The summed E-state index contributed by atoms with van der Waals surface area (Å²) in [5, 5.41) is 3.17. The molecular weight excluding hydrogens is 328 g/mol. The lowest BCUT2D eigenvalue weighted by atomic mass is 9.99. The first-order chi connectivity index (χ1) is 12.4. The molecule has 1 saturated heterocycles. The van der Waals surface area contributed by atoms with Crippen LogP contribution in [0.25, 0.3) is 5.69 Å². The van der Waals surface area contributed by atoms with Gasteiger partial charge in [0.1, 0.15) is 11.7 Å². The van der Waals surface area contributed by atoms with Gasteiger partial charge in [-0.15, -0.1) is 0 Å². The molecule has 3 rings (SSSR count). The SMILES string of the molecule is Cc1c(NC(C)C(=O)N2CCC(C)CC2)c(=O)n(-c2ccccc2)n1C. The molecule has 1 amide bonds. The van der Waals surface area contributed by atoms with Crippen molar-refractivity contribution in [2.24, 2.45) is 13.0 Å². The zero-order valence-corrected chi connectivity index (χ0v) is 16.0. The minimum absolute atomic E-state index is 0.0609. The van der Waals surface area contributed by atoms with Gasteiger partial charge in [-0.25, -0.2) is 4.68 Å². The van der Waals surface area contributed by atoms with E-state index in [0.29, 0.717) is 11.6 Å². The number of rotatable bonds is 4. The van der Waals surface area contributed by atoms with Gasteiger partial charge in [-0.3, -0.25) is 14.3 Å². The summed E-state index contributed by atoms with van der Waals surface area (Å²) in [4.78, 5) is 27.6. The first-order valence-electron chi connectivity index (χ1n) is 9.29. The molecule has 0 bridgehead atoms. The number of aromatic nitrogens is 2. The van der Waals surface area contributed by atoms with Crippen LogP contribution in [0.2, 0.25) is 0 Å². The van der Waals surface area contributed by atoms with Gasteiger partial charge in [0.25, 0.3) is 5.56 Å². The van der Waals surface area contributed by atoms with Crippen LogP contribution in [0, 0.1) is 12.8 Å². The summed E-state index contributed by atoms with van der Waals surface area (Å²) in [7, 11) is 1.85. The number of carbonyl (C=O) groups excluding carboxylic acids is 1. The maximum atomic E-state index is 12.9. The highest BCUT2D eigenvalue weighted by atomic mass is 16.2. The highest BCUT2D eigenvalue weighted by Gasteiger charge is 2.26. The van der Waals surface area contributed by atoms with Crippen molar-refractivity contribution >= 4 is 11.6 Å². The molecule has 1 aliphatic rings. The maximum Gasteiger partial charge on any atom is 0.295 e. The lowest BCUT2D eigenvalue weighted by molar-refractivity contribution is -0.132. The molecule has 1 aromatic carbocycles. The molecule has 2 heterocycles. The molecule has 1 N–H and O–H groups in total. The zero-order valence-electron chi connectivity index (χ0n) is 16.0. The minimum Gasteiger partial charge on any atom is -0.368 e. The number of nitrogens with one attached hydrogen (secondary N) is 1. The van der Waals surface area contributed by atoms with E-state index in [9.17, 15) is 9.59 Å². The van der Waals surface area contributed by atoms with Crippen molar-refractivity contribution in [1.29, 1.82) is 0 Å². The van der Waals surface area contributed by atoms with Crippen LogP contribution in [0.15, 0.2) is 35.1 Å². The van der Waals surface area contributed by atoms with Gasteiger partial charge in [-0.05, 0) is 44.7 Å². The quantitative estimate of drug-likeness (QED) is 0.916. The Morgan fingerprint density at radius 3 is 2.42 bits per heavy atom. The van der Waals surface area contributed by atoms with Gasteiger partial charge in [0.2, 0.25) is 5.91 Å². The Morgan fingerprint density at radius 1 is 1.19 bits per heavy atom. The van der Waals surface area contributed by atoms with Gasteiger partial charge in [0.15, 0.2) is 0 Å². The van der Waals surface area contributed by atoms with Crippen molar-refractivity contribution in [3.8, 4) is 5.69 Å². The van der Waals surface area contributed by atoms with Crippen molar-refractivity contribution in [3.05, 3.63) is 46.4 Å². The number of hydrogen-bond acceptors (Lipinski definition) is 3. The van der Waals surface area contributed by atoms with Crippen molar-refractivity contribution < 1.29 is 4.79 Å². The lowest BCUT2D eigenvalue weighted by Gasteiger charge is -2.32. The van der Waals surface area contributed by atoms with Crippen LogP contribution >= 0.6 is 0 Å². The van der Waals surface area contributed by atoms with Crippen LogP contribution in [0.1, 0.15) is 32.4 Å². The summed E-state index contributed by atoms with van der Waals surface area (Å²) in [5.74, 6) is 0.738. The highest BCUT2D eigenvalue weighted by Crippen LogP contribution is 2.19. The van der Waals surface area contributed by atoms with E-state index in [1.54, 1.807) is 4.68 Å². The van der Waals surface area contributed by atoms with E-state index < -0.39 is 6.04 Å². The van der Waals surface area contributed by atoms with E-state index >= 15 is 0 Å². The highest BCUT2D eigenvalue weighted by molar-refractivity contribution is 5.84. The number of nitrogens with zero attached hydrogens (tertiary/aromatic N) is 3. The second-order valence-corrected chi connectivity index (χ2v) is 7.31. The Balaban J connectivity index is 1.82. The van der Waals surface area contributed by atoms with Crippen LogP contribution in [-0.4, -0.2) is 39.3 Å². The monoisotopic (exact) mass is 356 g/mol. The molecule has 2 aromatic rings. The number of hydrogen-bond donors (Lipinski definition) is 1. The second kappa shape index (κ2) is 7.40. The molecule has 6 nitrogen and oxygen atoms in total. The summed E-state index contributed by atoms with van der Waals surface area (Å²) < 4.78 is 3.44. The molecule has 0 aliphatic carbocycles. The lowest BCUT2D eigenvalue weighted by Crippen LogP contribution is -2.45. The van der Waals surface area contributed by atoms with Gasteiger partial charge >= 0.3 is 0 Å². The van der Waals surface area contributed by atoms with Crippen molar-refractivity contribution in [2.45, 2.75) is 39.7 Å². The number of piperidine rings is 1. The Labute approximate surface area is 154 Å².